The van der Waals surface area contributed by atoms with E-state index >= 15 is 0 Å². The third-order valence-corrected chi connectivity index (χ3v) is 46.9. The predicted molar refractivity (Wildman–Crippen MR) is 406 cm³/mol. The van der Waals surface area contributed by atoms with Crippen LogP contribution in [0.25, 0.3) is 33.4 Å². The molecule has 0 aromatic heterocycles. The van der Waals surface area contributed by atoms with E-state index in [-0.39, 0.29) is 39.6 Å². The van der Waals surface area contributed by atoms with Crippen molar-refractivity contribution >= 4 is 91.1 Å². The van der Waals surface area contributed by atoms with Crippen molar-refractivity contribution in [2.45, 2.75) is 196 Å². The Bertz CT molecular complexity index is 3230. The zero-order chi connectivity index (χ0) is 69.1. The van der Waals surface area contributed by atoms with Crippen molar-refractivity contribution in [2.24, 2.45) is 0 Å². The lowest BCUT2D eigenvalue weighted by molar-refractivity contribution is 0.273. The number of hydrogen-bond acceptors (Lipinski definition) is 12. The van der Waals surface area contributed by atoms with Crippen LogP contribution >= 0.6 is 0 Å². The van der Waals surface area contributed by atoms with E-state index in [0.717, 1.165) is 66.8 Å². The maximum atomic E-state index is 11.2. The Hall–Kier alpha value is -3.99. The van der Waals surface area contributed by atoms with Gasteiger partial charge in [-0.15, -0.1) is 0 Å². The Balaban J connectivity index is 1.30. The summed E-state index contributed by atoms with van der Waals surface area (Å²) < 4.78 is 40.4. The SMILES string of the molecule is C[Si](C)(C)O[Si](C)(C)O[Si](C)(C)c1ccc(Cc2c(CO)cc(-c3cc(-c4cc(CO)c(Cc5ccc([Si](C)(C)O[Si](C)(C)O[Si](C)(C)C)cc5)c(CO)c4)cc(-c4cc(CO)c(Cc5ccc([Si](C)(C)O[Si](C)(C)O[Si](C)(C)C)cc5)c(CO)c4)c3)cc2CO)cc1. The third kappa shape index (κ3) is 21.0. The highest BCUT2D eigenvalue weighted by atomic mass is 28.5. The first-order valence-electron chi connectivity index (χ1n) is 32.7. The summed E-state index contributed by atoms with van der Waals surface area (Å²) in [6, 6.07) is 43.9. The quantitative estimate of drug-likeness (QED) is 0.0235. The average molecular weight is 1420 g/mol. The molecule has 0 aliphatic rings. The van der Waals surface area contributed by atoms with Gasteiger partial charge in [0.05, 0.1) is 39.6 Å². The van der Waals surface area contributed by atoms with Gasteiger partial charge in [0.15, 0.2) is 25.0 Å². The summed E-state index contributed by atoms with van der Waals surface area (Å²) in [5, 5.41) is 70.9. The van der Waals surface area contributed by atoms with Crippen molar-refractivity contribution in [3.8, 4) is 33.4 Å². The van der Waals surface area contributed by atoms with Gasteiger partial charge in [0.1, 0.15) is 0 Å². The summed E-state index contributed by atoms with van der Waals surface area (Å²) in [7, 11) is -19.7. The zero-order valence-electron chi connectivity index (χ0n) is 59.6. The van der Waals surface area contributed by atoms with Crippen molar-refractivity contribution in [1.82, 2.24) is 0 Å². The molecule has 0 aliphatic heterocycles. The van der Waals surface area contributed by atoms with E-state index in [9.17, 15) is 30.6 Å². The van der Waals surface area contributed by atoms with Crippen molar-refractivity contribution in [3.05, 3.63) is 194 Å². The lowest BCUT2D eigenvalue weighted by Gasteiger charge is -2.37. The normalized spacial score (nSPS) is 13.3. The minimum atomic E-state index is -2.39. The topological polar surface area (TPSA) is 177 Å². The number of aliphatic hydroxyl groups excluding tert-OH is 6. The van der Waals surface area contributed by atoms with Gasteiger partial charge in [0.25, 0.3) is 0 Å². The minimum Gasteiger partial charge on any atom is -0.437 e. The van der Waals surface area contributed by atoms with Gasteiger partial charge in [0.2, 0.25) is 25.0 Å². The van der Waals surface area contributed by atoms with E-state index in [0.29, 0.717) is 52.6 Å². The Morgan fingerprint density at radius 3 is 0.570 bits per heavy atom. The van der Waals surface area contributed by atoms with Crippen LogP contribution in [0.4, 0.5) is 0 Å². The molecule has 7 aromatic rings. The second-order valence-corrected chi connectivity index (χ2v) is 67.6. The summed E-state index contributed by atoms with van der Waals surface area (Å²) in [6.07, 6.45) is 1.45. The fraction of sp³-hybridized carbons (Fsp3) is 0.417. The summed E-state index contributed by atoms with van der Waals surface area (Å²) in [5.74, 6) is 0. The molecule has 504 valence electrons. The second-order valence-electron chi connectivity index (χ2n) is 30.9. The number of rotatable bonds is 30. The van der Waals surface area contributed by atoms with Crippen LogP contribution < -0.4 is 15.6 Å². The maximum Gasteiger partial charge on any atom is 0.311 e. The molecule has 21 heteroatoms. The number of benzene rings is 7. The van der Waals surface area contributed by atoms with Crippen molar-refractivity contribution < 1.29 is 55.3 Å². The number of hydrogen-bond donors (Lipinski definition) is 6. The first kappa shape index (κ1) is 76.4. The zero-order valence-corrected chi connectivity index (χ0v) is 68.6. The fourth-order valence-electron chi connectivity index (χ4n) is 13.5. The van der Waals surface area contributed by atoms with Crippen LogP contribution in [0, 0.1) is 0 Å². The molecule has 0 spiro atoms. The monoisotopic (exact) mass is 1420 g/mol. The second kappa shape index (κ2) is 30.0. The van der Waals surface area contributed by atoms with Crippen LogP contribution in [-0.2, 0) is 83.6 Å². The Morgan fingerprint density at radius 1 is 0.237 bits per heavy atom. The summed E-state index contributed by atoms with van der Waals surface area (Å²) >= 11 is 0. The molecule has 0 saturated carbocycles. The molecular formula is C72H108O12Si9. The van der Waals surface area contributed by atoms with Gasteiger partial charge in [-0.1, -0.05) is 72.8 Å². The molecule has 0 radical (unpaired) electrons. The fourth-order valence-corrected chi connectivity index (χ4v) is 51.9. The Morgan fingerprint density at radius 2 is 0.409 bits per heavy atom. The van der Waals surface area contributed by atoms with E-state index in [1.165, 1.54) is 15.6 Å². The molecular weight excluding hydrogens is 1310 g/mol. The van der Waals surface area contributed by atoms with Crippen LogP contribution in [0.1, 0.15) is 66.8 Å². The van der Waals surface area contributed by atoms with Gasteiger partial charge in [-0.3, -0.25) is 0 Å². The number of aliphatic hydroxyl groups is 6. The molecule has 7 aromatic carbocycles. The standard InChI is InChI=1S/C72H108O12Si9/c1-85(2,3)79-91(16,17)82-88(10,11)67-28-22-52(23-29-67)34-70-61(46-73)40-58(41-62(70)47-74)55-37-56(59-42-63(48-75)71(64(43-59)49-76)35-53-24-30-68(31-25-53)89(12,13)83-92(18,19)80-86(4,5)6)39-57(38-55)60-44-65(50-77)72(66(45-60)51-78)36-54-26-32-69(33-27-54)90(14,15)84-93(20,21)81-87(7,8)9/h22-33,37-45,73-78H,34-36,46-51H2,1-21H3. The molecule has 0 saturated heterocycles. The highest BCUT2D eigenvalue weighted by Gasteiger charge is 2.42. The third-order valence-electron chi connectivity index (χ3n) is 16.5. The molecule has 0 bridgehead atoms. The van der Waals surface area contributed by atoms with Crippen LogP contribution in [-0.4, -0.2) is 106 Å². The Labute approximate surface area is 566 Å². The van der Waals surface area contributed by atoms with Gasteiger partial charge < -0.3 is 55.3 Å². The van der Waals surface area contributed by atoms with Crippen LogP contribution in [0.5, 0.6) is 0 Å². The molecule has 0 heterocycles. The molecule has 0 amide bonds. The summed E-state index contributed by atoms with van der Waals surface area (Å²) in [4.78, 5) is 0. The lowest BCUT2D eigenvalue weighted by atomic mass is 9.86. The molecule has 0 atom stereocenters. The minimum absolute atomic E-state index is 0.263. The average Bonchev–Trinajstić information content (AvgIpc) is 0.798. The molecule has 12 nitrogen and oxygen atoms in total. The van der Waals surface area contributed by atoms with E-state index in [2.05, 4.69) is 228 Å². The van der Waals surface area contributed by atoms with Gasteiger partial charge in [-0.2, -0.15) is 0 Å². The summed E-state index contributed by atoms with van der Waals surface area (Å²) in [5.41, 5.74) is 14.5. The van der Waals surface area contributed by atoms with Crippen LogP contribution in [0.3, 0.4) is 0 Å². The molecule has 0 aliphatic carbocycles. The highest BCUT2D eigenvalue weighted by Crippen LogP contribution is 2.39. The van der Waals surface area contributed by atoms with Gasteiger partial charge in [-0.05, 0) is 327 Å². The van der Waals surface area contributed by atoms with E-state index in [4.69, 9.17) is 24.7 Å². The highest BCUT2D eigenvalue weighted by molar-refractivity contribution is 6.94. The first-order chi connectivity index (χ1) is 43.0. The van der Waals surface area contributed by atoms with Gasteiger partial charge in [-0.25, -0.2) is 0 Å². The van der Waals surface area contributed by atoms with Crippen LogP contribution in [0.15, 0.2) is 127 Å². The van der Waals surface area contributed by atoms with Crippen molar-refractivity contribution in [3.63, 3.8) is 0 Å². The van der Waals surface area contributed by atoms with E-state index in [1.54, 1.807) is 0 Å². The molecule has 0 fully saturated rings. The van der Waals surface area contributed by atoms with Gasteiger partial charge >= 0.3 is 25.7 Å². The maximum absolute atomic E-state index is 11.2. The van der Waals surface area contributed by atoms with E-state index in [1.807, 2.05) is 36.4 Å². The summed E-state index contributed by atoms with van der Waals surface area (Å²) in [6.45, 7) is 44.4. The van der Waals surface area contributed by atoms with Gasteiger partial charge in [0, 0.05) is 0 Å². The lowest BCUT2D eigenvalue weighted by Crippen LogP contribution is -2.56. The van der Waals surface area contributed by atoms with E-state index < -0.39 is 75.6 Å². The smallest absolute Gasteiger partial charge is 0.311 e. The Kier molecular flexibility index (Phi) is 24.6. The molecule has 0 unspecified atom stereocenters. The molecule has 93 heavy (non-hydrogen) atoms. The van der Waals surface area contributed by atoms with Crippen molar-refractivity contribution in [1.29, 1.82) is 0 Å². The van der Waals surface area contributed by atoms with Crippen LogP contribution in [0.2, 0.25) is 137 Å². The first-order valence-corrected chi connectivity index (χ1v) is 60.1. The van der Waals surface area contributed by atoms with Crippen molar-refractivity contribution in [2.75, 3.05) is 0 Å². The predicted octanol–water partition coefficient (Wildman–Crippen LogP) is 14.4. The molecule has 7 rings (SSSR count). The molecule has 6 N–H and O–H groups in total. The largest absolute Gasteiger partial charge is 0.437 e.